The lowest BCUT2D eigenvalue weighted by atomic mass is 9.83. The van der Waals surface area contributed by atoms with Crippen LogP contribution in [0.2, 0.25) is 0 Å². The van der Waals surface area contributed by atoms with Crippen LogP contribution in [-0.2, 0) is 24.0 Å². The Kier molecular flexibility index (Phi) is 6.84. The molecule has 0 aliphatic carbocycles. The monoisotopic (exact) mass is 541 g/mol. The summed E-state index contributed by atoms with van der Waals surface area (Å²) in [4.78, 5) is 2.50. The lowest BCUT2D eigenvalue weighted by Gasteiger charge is -2.42. The Labute approximate surface area is 229 Å². The first-order valence-electron chi connectivity index (χ1n) is 13.1. The van der Waals surface area contributed by atoms with Gasteiger partial charge < -0.3 is 18.7 Å². The SMILES string of the molecule is COc1cc2c(cc1OC)CN1CCc3cc(OC)c(OP(=O)(c4ccccc4)c4ccccc4)cc3C1C2. The first-order chi connectivity index (χ1) is 19.0. The summed E-state index contributed by atoms with van der Waals surface area (Å²) in [7, 11) is 1.52. The number of methoxy groups -OCH3 is 3. The largest absolute Gasteiger partial charge is 0.493 e. The summed E-state index contributed by atoms with van der Waals surface area (Å²) in [6.45, 7) is 1.77. The van der Waals surface area contributed by atoms with E-state index < -0.39 is 7.37 Å². The third-order valence-electron chi connectivity index (χ3n) is 7.81. The van der Waals surface area contributed by atoms with Crippen molar-refractivity contribution in [3.63, 3.8) is 0 Å². The maximum Gasteiger partial charge on any atom is 0.306 e. The standard InChI is InChI=1S/C32H32NO5P/c1-35-29-18-23-16-28-27-20-32(38-39(34,25-10-6-4-7-11-25)26-12-8-5-9-13-26)31(37-3)17-22(27)14-15-33(28)21-24(23)19-30(29)36-2/h4-13,17-20,28H,14-16,21H2,1-3H3. The molecule has 6 rings (SSSR count). The molecule has 0 aromatic heterocycles. The molecule has 6 nitrogen and oxygen atoms in total. The minimum atomic E-state index is -3.46. The molecule has 7 heteroatoms. The average molecular weight is 542 g/mol. The highest BCUT2D eigenvalue weighted by Gasteiger charge is 2.36. The van der Waals surface area contributed by atoms with Crippen LogP contribution in [0.4, 0.5) is 0 Å². The number of hydrogen-bond acceptors (Lipinski definition) is 6. The molecule has 4 aromatic carbocycles. The van der Waals surface area contributed by atoms with Gasteiger partial charge in [-0.05, 0) is 83.6 Å². The van der Waals surface area contributed by atoms with Crippen LogP contribution in [0.25, 0.3) is 0 Å². The van der Waals surface area contributed by atoms with E-state index in [0.717, 1.165) is 37.4 Å². The van der Waals surface area contributed by atoms with Gasteiger partial charge in [-0.15, -0.1) is 0 Å². The molecular weight excluding hydrogens is 509 g/mol. The highest BCUT2D eigenvalue weighted by molar-refractivity contribution is 7.74. The Balaban J connectivity index is 1.42. The lowest BCUT2D eigenvalue weighted by molar-refractivity contribution is 0.160. The molecule has 1 unspecified atom stereocenters. The Morgan fingerprint density at radius 1 is 0.692 bits per heavy atom. The quantitative estimate of drug-likeness (QED) is 0.281. The number of nitrogens with zero attached hydrogens (tertiary/aromatic N) is 1. The van der Waals surface area contributed by atoms with E-state index in [4.69, 9.17) is 18.7 Å². The van der Waals surface area contributed by atoms with Crippen molar-refractivity contribution in [1.29, 1.82) is 0 Å². The van der Waals surface area contributed by atoms with Gasteiger partial charge in [-0.25, -0.2) is 0 Å². The maximum absolute atomic E-state index is 14.7. The minimum absolute atomic E-state index is 0.167. The molecule has 2 aliphatic rings. The van der Waals surface area contributed by atoms with Crippen LogP contribution in [0.15, 0.2) is 84.9 Å². The second-order valence-electron chi connectivity index (χ2n) is 9.93. The second kappa shape index (κ2) is 10.4. The first-order valence-corrected chi connectivity index (χ1v) is 14.8. The molecule has 2 aliphatic heterocycles. The minimum Gasteiger partial charge on any atom is -0.493 e. The smallest absolute Gasteiger partial charge is 0.306 e. The highest BCUT2D eigenvalue weighted by Crippen LogP contribution is 2.50. The van der Waals surface area contributed by atoms with Crippen molar-refractivity contribution < 1.29 is 23.3 Å². The molecule has 2 heterocycles. The fourth-order valence-corrected chi connectivity index (χ4v) is 7.85. The summed E-state index contributed by atoms with van der Waals surface area (Å²) in [5.74, 6) is 2.58. The van der Waals surface area contributed by atoms with Gasteiger partial charge in [0.1, 0.15) is 0 Å². The fourth-order valence-electron chi connectivity index (χ4n) is 5.79. The summed E-state index contributed by atoms with van der Waals surface area (Å²) in [6, 6.07) is 27.3. The topological polar surface area (TPSA) is 57.2 Å². The van der Waals surface area contributed by atoms with Crippen LogP contribution in [-0.4, -0.2) is 32.8 Å². The zero-order valence-corrected chi connectivity index (χ0v) is 23.3. The molecule has 1 atom stereocenters. The van der Waals surface area contributed by atoms with E-state index >= 15 is 0 Å². The molecule has 200 valence electrons. The molecule has 0 amide bonds. The molecule has 0 saturated carbocycles. The van der Waals surface area contributed by atoms with Crippen molar-refractivity contribution >= 4 is 18.0 Å². The van der Waals surface area contributed by atoms with Crippen LogP contribution in [0.3, 0.4) is 0 Å². The van der Waals surface area contributed by atoms with Crippen molar-refractivity contribution in [2.24, 2.45) is 0 Å². The third kappa shape index (κ3) is 4.58. The van der Waals surface area contributed by atoms with E-state index in [1.54, 1.807) is 21.3 Å². The van der Waals surface area contributed by atoms with Gasteiger partial charge in [0.25, 0.3) is 0 Å². The van der Waals surface area contributed by atoms with Crippen LogP contribution in [0.1, 0.15) is 28.3 Å². The van der Waals surface area contributed by atoms with Crippen LogP contribution in [0, 0.1) is 0 Å². The van der Waals surface area contributed by atoms with E-state index in [2.05, 4.69) is 29.2 Å². The lowest BCUT2D eigenvalue weighted by Crippen LogP contribution is -2.39. The van der Waals surface area contributed by atoms with E-state index in [0.29, 0.717) is 22.1 Å². The molecule has 39 heavy (non-hydrogen) atoms. The zero-order valence-electron chi connectivity index (χ0n) is 22.4. The number of benzene rings is 4. The average Bonchev–Trinajstić information content (AvgIpc) is 2.99. The van der Waals surface area contributed by atoms with Gasteiger partial charge in [-0.2, -0.15) is 0 Å². The Bertz CT molecular complexity index is 1500. The van der Waals surface area contributed by atoms with Crippen molar-refractivity contribution in [3.05, 3.63) is 107 Å². The van der Waals surface area contributed by atoms with Crippen molar-refractivity contribution in [1.82, 2.24) is 4.90 Å². The molecule has 0 spiro atoms. The number of hydrogen-bond donors (Lipinski definition) is 0. The molecule has 0 N–H and O–H groups in total. The predicted octanol–water partition coefficient (Wildman–Crippen LogP) is 5.68. The predicted molar refractivity (Wildman–Crippen MR) is 153 cm³/mol. The third-order valence-corrected chi connectivity index (χ3v) is 10.2. The van der Waals surface area contributed by atoms with Crippen LogP contribution in [0.5, 0.6) is 23.0 Å². The maximum atomic E-state index is 14.7. The summed E-state index contributed by atoms with van der Waals surface area (Å²) in [6.07, 6.45) is 1.74. The molecule has 0 bridgehead atoms. The second-order valence-corrected chi connectivity index (χ2v) is 12.3. The Hall–Kier alpha value is -3.73. The molecule has 0 radical (unpaired) electrons. The summed E-state index contributed by atoms with van der Waals surface area (Å²) >= 11 is 0. The van der Waals surface area contributed by atoms with Crippen molar-refractivity contribution in [3.8, 4) is 23.0 Å². The first kappa shape index (κ1) is 25.5. The Morgan fingerprint density at radius 3 is 1.82 bits per heavy atom. The number of fused-ring (bicyclic) bond motifs is 4. The van der Waals surface area contributed by atoms with Gasteiger partial charge in [0.15, 0.2) is 23.0 Å². The number of rotatable bonds is 7. The summed E-state index contributed by atoms with van der Waals surface area (Å²) in [5.41, 5.74) is 4.93. The van der Waals surface area contributed by atoms with Gasteiger partial charge >= 0.3 is 7.37 Å². The summed E-state index contributed by atoms with van der Waals surface area (Å²) in [5, 5.41) is 1.29. The zero-order chi connectivity index (χ0) is 27.0. The highest BCUT2D eigenvalue weighted by atomic mass is 31.2. The van der Waals surface area contributed by atoms with Gasteiger partial charge in [-0.3, -0.25) is 9.46 Å². The van der Waals surface area contributed by atoms with Crippen molar-refractivity contribution in [2.75, 3.05) is 27.9 Å². The fraction of sp³-hybridized carbons (Fsp3) is 0.250. The normalized spacial score (nSPS) is 16.4. The van der Waals surface area contributed by atoms with E-state index in [-0.39, 0.29) is 6.04 Å². The van der Waals surface area contributed by atoms with Gasteiger partial charge in [-0.1, -0.05) is 36.4 Å². The molecule has 0 saturated heterocycles. The van der Waals surface area contributed by atoms with E-state index in [9.17, 15) is 4.57 Å². The Morgan fingerprint density at radius 2 is 1.23 bits per heavy atom. The summed E-state index contributed by atoms with van der Waals surface area (Å²) < 4.78 is 38.2. The van der Waals surface area contributed by atoms with Crippen molar-refractivity contribution in [2.45, 2.75) is 25.4 Å². The van der Waals surface area contributed by atoms with Gasteiger partial charge in [0.2, 0.25) is 0 Å². The van der Waals surface area contributed by atoms with Gasteiger partial charge in [0.05, 0.1) is 31.9 Å². The van der Waals surface area contributed by atoms with Crippen LogP contribution >= 0.6 is 7.37 Å². The van der Waals surface area contributed by atoms with E-state index in [1.165, 1.54) is 22.3 Å². The number of ether oxygens (including phenoxy) is 3. The molecule has 4 aromatic rings. The van der Waals surface area contributed by atoms with E-state index in [1.807, 2.05) is 60.7 Å². The van der Waals surface area contributed by atoms with Crippen LogP contribution < -0.4 is 29.3 Å². The molecule has 0 fully saturated rings. The molecular formula is C32H32NO5P. The van der Waals surface area contributed by atoms with Gasteiger partial charge in [0, 0.05) is 19.1 Å².